The molecular weight excluding hydrogens is 296 g/mol. The van der Waals surface area contributed by atoms with Crippen molar-refractivity contribution in [2.75, 3.05) is 0 Å². The Morgan fingerprint density at radius 3 is 2.24 bits per heavy atom. The summed E-state index contributed by atoms with van der Waals surface area (Å²) >= 11 is 0. The number of rotatable bonds is 2. The molecule has 0 atom stereocenters. The monoisotopic (exact) mass is 313 g/mol. The topological polar surface area (TPSA) is 57.9 Å². The van der Waals surface area contributed by atoms with Crippen LogP contribution in [-0.2, 0) is 9.84 Å². The molecule has 2 rings (SSSR count). The molecule has 0 aliphatic heterocycles. The van der Waals surface area contributed by atoms with Gasteiger partial charge in [-0.05, 0) is 42.4 Å². The van der Waals surface area contributed by atoms with Crippen molar-refractivity contribution in [2.45, 2.75) is 43.3 Å². The van der Waals surface area contributed by atoms with Crippen molar-refractivity contribution in [1.82, 2.24) is 0 Å². The smallest absolute Gasteiger partial charge is 0.197 e. The van der Waals surface area contributed by atoms with Crippen molar-refractivity contribution < 1.29 is 17.2 Å². The van der Waals surface area contributed by atoms with Crippen LogP contribution in [0, 0.1) is 34.3 Å². The summed E-state index contributed by atoms with van der Waals surface area (Å²) in [6.07, 6.45) is 0.433. The number of hydrogen-bond donors (Lipinski definition) is 0. The number of benzene rings is 1. The van der Waals surface area contributed by atoms with Crippen LogP contribution >= 0.6 is 0 Å². The Balaban J connectivity index is 2.40. The summed E-state index contributed by atoms with van der Waals surface area (Å²) in [5.74, 6) is -2.23. The summed E-state index contributed by atoms with van der Waals surface area (Å²) in [4.78, 5) is -0.338. The molecule has 1 aromatic carbocycles. The lowest BCUT2D eigenvalue weighted by atomic mass is 9.63. The third-order valence-electron chi connectivity index (χ3n) is 4.30. The first-order chi connectivity index (χ1) is 9.53. The van der Waals surface area contributed by atoms with E-state index < -0.39 is 26.2 Å². The highest BCUT2D eigenvalue weighted by atomic mass is 32.2. The van der Waals surface area contributed by atoms with Crippen LogP contribution in [0.3, 0.4) is 0 Å². The molecule has 1 saturated carbocycles. The fourth-order valence-electron chi connectivity index (χ4n) is 2.59. The van der Waals surface area contributed by atoms with Crippen molar-refractivity contribution in [3.05, 3.63) is 29.8 Å². The standard InChI is InChI=1S/C15H17F2NO2S/c1-14(2,3)10-7-15(8-10,9-18)21(19,20)11-4-5-12(16)13(17)6-11/h4-6,10H,7-8H2,1-3H3. The number of nitriles is 1. The van der Waals surface area contributed by atoms with Gasteiger partial charge in [-0.3, -0.25) is 0 Å². The van der Waals surface area contributed by atoms with E-state index in [1.54, 1.807) is 0 Å². The van der Waals surface area contributed by atoms with E-state index in [1.165, 1.54) is 0 Å². The lowest BCUT2D eigenvalue weighted by molar-refractivity contribution is 0.117. The van der Waals surface area contributed by atoms with Gasteiger partial charge in [0.15, 0.2) is 26.2 Å². The van der Waals surface area contributed by atoms with E-state index >= 15 is 0 Å². The normalized spacial score (nSPS) is 26.0. The first-order valence-electron chi connectivity index (χ1n) is 6.64. The molecule has 1 aliphatic rings. The van der Waals surface area contributed by atoms with Crippen LogP contribution in [0.15, 0.2) is 23.1 Å². The molecule has 0 radical (unpaired) electrons. The highest BCUT2D eigenvalue weighted by Gasteiger charge is 2.57. The maximum atomic E-state index is 13.3. The second kappa shape index (κ2) is 4.77. The SMILES string of the molecule is CC(C)(C)C1CC(C#N)(S(=O)(=O)c2ccc(F)c(F)c2)C1. The van der Waals surface area contributed by atoms with E-state index in [4.69, 9.17) is 0 Å². The van der Waals surface area contributed by atoms with Gasteiger partial charge < -0.3 is 0 Å². The number of sulfone groups is 1. The van der Waals surface area contributed by atoms with Gasteiger partial charge in [0.25, 0.3) is 0 Å². The van der Waals surface area contributed by atoms with E-state index in [2.05, 4.69) is 0 Å². The van der Waals surface area contributed by atoms with Crippen molar-refractivity contribution in [1.29, 1.82) is 5.26 Å². The second-order valence-corrected chi connectivity index (χ2v) is 8.92. The molecule has 0 N–H and O–H groups in total. The maximum absolute atomic E-state index is 13.3. The van der Waals surface area contributed by atoms with E-state index in [0.717, 1.165) is 12.1 Å². The summed E-state index contributed by atoms with van der Waals surface area (Å²) in [6.45, 7) is 5.97. The van der Waals surface area contributed by atoms with E-state index in [-0.39, 0.29) is 29.1 Å². The molecule has 1 aliphatic carbocycles. The Kier molecular flexibility index (Phi) is 3.61. The van der Waals surface area contributed by atoms with Crippen molar-refractivity contribution in [3.8, 4) is 6.07 Å². The van der Waals surface area contributed by atoms with Crippen LogP contribution in [0.5, 0.6) is 0 Å². The minimum atomic E-state index is -4.01. The second-order valence-electron chi connectivity index (χ2n) is 6.66. The summed E-state index contributed by atoms with van der Waals surface area (Å²) in [6, 6.07) is 4.31. The van der Waals surface area contributed by atoms with E-state index in [0.29, 0.717) is 6.07 Å². The predicted octanol–water partition coefficient (Wildman–Crippen LogP) is 3.46. The summed E-state index contributed by atoms with van der Waals surface area (Å²) in [5.41, 5.74) is -0.0933. The fourth-order valence-corrected chi connectivity index (χ4v) is 4.51. The molecule has 0 amide bonds. The van der Waals surface area contributed by atoms with Crippen molar-refractivity contribution in [3.63, 3.8) is 0 Å². The zero-order chi connectivity index (χ0) is 16.1. The van der Waals surface area contributed by atoms with Gasteiger partial charge in [0.05, 0.1) is 11.0 Å². The molecule has 0 bridgehead atoms. The largest absolute Gasteiger partial charge is 0.222 e. The number of halogens is 2. The van der Waals surface area contributed by atoms with Crippen LogP contribution in [-0.4, -0.2) is 13.2 Å². The molecule has 0 unspecified atom stereocenters. The Bertz CT molecular complexity index is 708. The molecule has 0 spiro atoms. The van der Waals surface area contributed by atoms with Crippen LogP contribution in [0.4, 0.5) is 8.78 Å². The van der Waals surface area contributed by atoms with Crippen molar-refractivity contribution in [2.24, 2.45) is 11.3 Å². The van der Waals surface area contributed by atoms with Gasteiger partial charge in [-0.2, -0.15) is 5.26 Å². The molecule has 1 fully saturated rings. The van der Waals surface area contributed by atoms with Crippen LogP contribution in [0.1, 0.15) is 33.6 Å². The molecule has 0 saturated heterocycles. The Morgan fingerprint density at radius 1 is 1.24 bits per heavy atom. The van der Waals surface area contributed by atoms with Gasteiger partial charge >= 0.3 is 0 Å². The molecule has 114 valence electrons. The van der Waals surface area contributed by atoms with Gasteiger partial charge in [0.2, 0.25) is 0 Å². The van der Waals surface area contributed by atoms with Gasteiger partial charge in [0.1, 0.15) is 0 Å². The van der Waals surface area contributed by atoms with Crippen LogP contribution in [0.25, 0.3) is 0 Å². The van der Waals surface area contributed by atoms with Crippen LogP contribution in [0.2, 0.25) is 0 Å². The lowest BCUT2D eigenvalue weighted by Gasteiger charge is -2.48. The van der Waals surface area contributed by atoms with E-state index in [9.17, 15) is 22.5 Å². The molecule has 0 aromatic heterocycles. The average molecular weight is 313 g/mol. The molecule has 1 aromatic rings. The number of nitrogens with zero attached hydrogens (tertiary/aromatic N) is 1. The third kappa shape index (κ3) is 2.44. The highest BCUT2D eigenvalue weighted by Crippen LogP contribution is 2.52. The highest BCUT2D eigenvalue weighted by molar-refractivity contribution is 7.93. The minimum absolute atomic E-state index is 0.0933. The van der Waals surface area contributed by atoms with Gasteiger partial charge in [-0.25, -0.2) is 17.2 Å². The van der Waals surface area contributed by atoms with E-state index in [1.807, 2.05) is 26.8 Å². The zero-order valence-corrected chi connectivity index (χ0v) is 13.0. The minimum Gasteiger partial charge on any atom is -0.222 e. The molecule has 3 nitrogen and oxygen atoms in total. The first kappa shape index (κ1) is 15.9. The third-order valence-corrected chi connectivity index (χ3v) is 6.62. The Morgan fingerprint density at radius 2 is 1.81 bits per heavy atom. The molecule has 0 heterocycles. The summed E-state index contributed by atoms with van der Waals surface area (Å²) < 4.78 is 49.9. The first-order valence-corrected chi connectivity index (χ1v) is 8.13. The zero-order valence-electron chi connectivity index (χ0n) is 12.2. The predicted molar refractivity (Wildman–Crippen MR) is 74.1 cm³/mol. The quantitative estimate of drug-likeness (QED) is 0.786. The van der Waals surface area contributed by atoms with Gasteiger partial charge in [-0.1, -0.05) is 20.8 Å². The van der Waals surface area contributed by atoms with Gasteiger partial charge in [-0.15, -0.1) is 0 Å². The van der Waals surface area contributed by atoms with Gasteiger partial charge in [0, 0.05) is 0 Å². The van der Waals surface area contributed by atoms with Crippen LogP contribution < -0.4 is 0 Å². The maximum Gasteiger partial charge on any atom is 0.197 e. The molecular formula is C15H17F2NO2S. The lowest BCUT2D eigenvalue weighted by Crippen LogP contribution is -2.52. The molecule has 21 heavy (non-hydrogen) atoms. The number of hydrogen-bond acceptors (Lipinski definition) is 3. The fraction of sp³-hybridized carbons (Fsp3) is 0.533. The average Bonchev–Trinajstić information content (AvgIpc) is 2.29. The van der Waals surface area contributed by atoms with Crippen molar-refractivity contribution >= 4 is 9.84 Å². The summed E-state index contributed by atoms with van der Waals surface area (Å²) in [5, 5.41) is 9.34. The summed E-state index contributed by atoms with van der Waals surface area (Å²) in [7, 11) is -4.01. The Labute approximate surface area is 123 Å². The Hall–Kier alpha value is -1.48. The molecule has 6 heteroatoms.